The Hall–Kier alpha value is -5.66. The molecular formula is C51H76N7O17PS. The number of aromatic nitrogens is 1. The number of imide groups is 1. The summed E-state index contributed by atoms with van der Waals surface area (Å²) in [5, 5.41) is 20.1. The predicted molar refractivity (Wildman–Crippen MR) is 281 cm³/mol. The normalized spacial score (nSPS) is 16.9. The van der Waals surface area contributed by atoms with Crippen molar-refractivity contribution in [1.82, 2.24) is 30.3 Å². The van der Waals surface area contributed by atoms with E-state index in [1.54, 1.807) is 11.9 Å². The second kappa shape index (κ2) is 31.7. The number of likely N-dealkylation sites (N-methyl/N-ethyl adjacent to an activating group) is 1. The van der Waals surface area contributed by atoms with Crippen molar-refractivity contribution in [2.75, 3.05) is 78.7 Å². The number of amides is 6. The number of hydrogen-bond acceptors (Lipinski definition) is 17. The predicted octanol–water partition coefficient (Wildman–Crippen LogP) is 3.86. The summed E-state index contributed by atoms with van der Waals surface area (Å²) < 4.78 is 38.8. The third kappa shape index (κ3) is 22.3. The Morgan fingerprint density at radius 2 is 1.60 bits per heavy atom. The standard InChI is InChI=1S/C51H76N7O17PS/c1-32(2)41(57(7)47(63)26-33(3)15-17-52-49(65)40-10-8-9-18-56(40)6)30-43(74-35(5)59)50-55-39(31-77-50)48(64)53-37(27-34(4)51(66)67)28-36-11-12-42(75-76(68,69)70)38(29-36)54-44(60)16-20-71-22-24-73-25-23-72-21-19-58-45(61)13-14-46(58)62/h11-14,29,31-34,37,40-41,43H,8-10,15-28,30H2,1-7H3,(H,52,65)(H,53,64)(H,54,60)(H,66,67)(H2,68,69,70)/t33-,34?,37+,40+,41+,43+/m0/s1. The fourth-order valence-corrected chi connectivity index (χ4v) is 9.99. The van der Waals surface area contributed by atoms with Crippen LogP contribution < -0.4 is 20.5 Å². The molecule has 428 valence electrons. The number of carbonyl (C=O) groups is 8. The van der Waals surface area contributed by atoms with E-state index in [0.717, 1.165) is 42.0 Å². The number of benzene rings is 1. The number of carboxylic acids is 1. The van der Waals surface area contributed by atoms with Crippen molar-refractivity contribution < 1.29 is 81.3 Å². The zero-order valence-electron chi connectivity index (χ0n) is 44.9. The maximum absolute atomic E-state index is 13.9. The quantitative estimate of drug-likeness (QED) is 0.0251. The van der Waals surface area contributed by atoms with E-state index in [4.69, 9.17) is 23.5 Å². The summed E-state index contributed by atoms with van der Waals surface area (Å²) >= 11 is 1.07. The van der Waals surface area contributed by atoms with E-state index in [1.165, 1.54) is 49.6 Å². The summed E-state index contributed by atoms with van der Waals surface area (Å²) in [7, 11) is -1.45. The monoisotopic (exact) mass is 1120 g/mol. The average Bonchev–Trinajstić information content (AvgIpc) is 3.98. The molecule has 77 heavy (non-hydrogen) atoms. The molecule has 3 heterocycles. The van der Waals surface area contributed by atoms with Gasteiger partial charge in [-0.3, -0.25) is 57.9 Å². The first-order valence-corrected chi connectivity index (χ1v) is 28.2. The third-order valence-corrected chi connectivity index (χ3v) is 14.3. The second-order valence-electron chi connectivity index (χ2n) is 19.7. The first-order valence-electron chi connectivity index (χ1n) is 25.8. The number of piperidine rings is 1. The van der Waals surface area contributed by atoms with Crippen LogP contribution in [0.2, 0.25) is 0 Å². The van der Waals surface area contributed by atoms with Crippen LogP contribution in [0.4, 0.5) is 5.69 Å². The van der Waals surface area contributed by atoms with Gasteiger partial charge >= 0.3 is 19.8 Å². The van der Waals surface area contributed by atoms with E-state index in [9.17, 15) is 57.8 Å². The molecule has 1 saturated heterocycles. The lowest BCUT2D eigenvalue weighted by molar-refractivity contribution is -0.148. The molecule has 0 saturated carbocycles. The summed E-state index contributed by atoms with van der Waals surface area (Å²) in [6, 6.07) is 2.65. The molecule has 26 heteroatoms. The number of phosphoric ester groups is 1. The number of nitrogens with one attached hydrogen (secondary N) is 3. The molecule has 2 aliphatic rings. The Morgan fingerprint density at radius 3 is 2.22 bits per heavy atom. The van der Waals surface area contributed by atoms with Gasteiger partial charge in [0.05, 0.1) is 70.3 Å². The molecule has 24 nitrogen and oxygen atoms in total. The highest BCUT2D eigenvalue weighted by Gasteiger charge is 2.33. The molecule has 2 aliphatic heterocycles. The first kappa shape index (κ1) is 63.9. The molecule has 1 aromatic carbocycles. The van der Waals surface area contributed by atoms with Crippen LogP contribution in [0.15, 0.2) is 35.7 Å². The number of rotatable bonds is 34. The molecule has 6 amide bonds. The Bertz CT molecular complexity index is 2400. The molecule has 0 radical (unpaired) electrons. The van der Waals surface area contributed by atoms with Gasteiger partial charge in [-0.05, 0) is 75.2 Å². The molecule has 0 bridgehead atoms. The van der Waals surface area contributed by atoms with Crippen molar-refractivity contribution in [2.45, 2.75) is 117 Å². The van der Waals surface area contributed by atoms with Gasteiger partial charge < -0.3 is 49.4 Å². The Kier molecular flexibility index (Phi) is 26.3. The summed E-state index contributed by atoms with van der Waals surface area (Å²) in [5.41, 5.74) is 0.263. The van der Waals surface area contributed by atoms with Crippen molar-refractivity contribution in [3.63, 3.8) is 0 Å². The SMILES string of the molecule is CC(=O)O[C@H](C[C@H](C(C)C)N(C)C(=O)C[C@@H](C)CCNC(=O)[C@H]1CCCCN1C)c1nc(C(=O)N[C@@H](Cc2ccc(OP(=O)(O)O)c(NC(=O)CCOCCOCCOCCN3C(=O)C=CC3=O)c2)CC(C)C(=O)O)cs1. The summed E-state index contributed by atoms with van der Waals surface area (Å²) in [5.74, 6) is -5.33. The Labute approximate surface area is 453 Å². The topological polar surface area (TPSA) is 319 Å². The van der Waals surface area contributed by atoms with Crippen LogP contribution in [0.3, 0.4) is 0 Å². The molecule has 0 spiro atoms. The largest absolute Gasteiger partial charge is 0.524 e. The number of phosphoric acid groups is 1. The van der Waals surface area contributed by atoms with Gasteiger partial charge in [-0.1, -0.05) is 40.2 Å². The zero-order chi connectivity index (χ0) is 56.8. The molecule has 0 aliphatic carbocycles. The minimum absolute atomic E-state index is 0.000514. The zero-order valence-corrected chi connectivity index (χ0v) is 46.6. The van der Waals surface area contributed by atoms with Crippen molar-refractivity contribution in [3.8, 4) is 5.75 Å². The van der Waals surface area contributed by atoms with Crippen LogP contribution in [-0.4, -0.2) is 173 Å². The van der Waals surface area contributed by atoms with Crippen LogP contribution >= 0.6 is 19.2 Å². The lowest BCUT2D eigenvalue weighted by Gasteiger charge is -2.34. The lowest BCUT2D eigenvalue weighted by Crippen LogP contribution is -2.47. The number of esters is 1. The number of carboxylic acid groups (broad SMARTS) is 1. The first-order chi connectivity index (χ1) is 36.4. The summed E-state index contributed by atoms with van der Waals surface area (Å²) in [6.45, 7) is 10.8. The Balaban J connectivity index is 1.35. The number of nitrogens with zero attached hydrogens (tertiary/aromatic N) is 4. The average molecular weight is 1120 g/mol. The highest BCUT2D eigenvalue weighted by molar-refractivity contribution is 7.46. The van der Waals surface area contributed by atoms with Gasteiger partial charge in [0, 0.05) is 63.0 Å². The fourth-order valence-electron chi connectivity index (χ4n) is 8.73. The van der Waals surface area contributed by atoms with Crippen LogP contribution in [0.5, 0.6) is 5.75 Å². The van der Waals surface area contributed by atoms with E-state index in [-0.39, 0.29) is 125 Å². The molecule has 2 aromatic rings. The smallest absolute Gasteiger partial charge is 0.481 e. The Morgan fingerprint density at radius 1 is 0.935 bits per heavy atom. The summed E-state index contributed by atoms with van der Waals surface area (Å²) in [6.07, 6.45) is 5.10. The minimum atomic E-state index is -5.11. The van der Waals surface area contributed by atoms with E-state index in [1.807, 2.05) is 27.8 Å². The number of hydrogen-bond donors (Lipinski definition) is 6. The molecular weight excluding hydrogens is 1050 g/mol. The van der Waals surface area contributed by atoms with Gasteiger partial charge in [-0.2, -0.15) is 0 Å². The van der Waals surface area contributed by atoms with E-state index in [0.29, 0.717) is 23.5 Å². The van der Waals surface area contributed by atoms with Crippen molar-refractivity contribution in [1.29, 1.82) is 0 Å². The van der Waals surface area contributed by atoms with E-state index >= 15 is 0 Å². The maximum Gasteiger partial charge on any atom is 0.524 e. The van der Waals surface area contributed by atoms with Gasteiger partial charge in [-0.15, -0.1) is 11.3 Å². The number of anilines is 1. The lowest BCUT2D eigenvalue weighted by atomic mass is 9.95. The van der Waals surface area contributed by atoms with E-state index < -0.39 is 67.5 Å². The van der Waals surface area contributed by atoms with Crippen molar-refractivity contribution in [3.05, 3.63) is 52.0 Å². The summed E-state index contributed by atoms with van der Waals surface area (Å²) in [4.78, 5) is 130. The molecule has 1 fully saturated rings. The molecule has 6 atom stereocenters. The number of thiazole rings is 1. The fraction of sp³-hybridized carbons (Fsp3) is 0.627. The van der Waals surface area contributed by atoms with Crippen molar-refractivity contribution in [2.24, 2.45) is 17.8 Å². The number of ether oxygens (including phenoxy) is 4. The van der Waals surface area contributed by atoms with Gasteiger partial charge in [0.1, 0.15) is 10.7 Å². The second-order valence-corrected chi connectivity index (χ2v) is 21.7. The highest BCUT2D eigenvalue weighted by Crippen LogP contribution is 2.41. The number of carbonyl (C=O) groups excluding carboxylic acids is 7. The van der Waals surface area contributed by atoms with Crippen LogP contribution in [0, 0.1) is 17.8 Å². The molecule has 1 aromatic heterocycles. The van der Waals surface area contributed by atoms with Crippen LogP contribution in [0.1, 0.15) is 113 Å². The van der Waals surface area contributed by atoms with Gasteiger partial charge in [0.15, 0.2) is 11.9 Å². The van der Waals surface area contributed by atoms with Gasteiger partial charge in [-0.25, -0.2) is 9.55 Å². The van der Waals surface area contributed by atoms with Crippen LogP contribution in [-0.2, 0) is 63.5 Å². The number of aliphatic carboxylic acids is 1. The molecule has 1 unspecified atom stereocenters. The van der Waals surface area contributed by atoms with E-state index in [2.05, 4.69) is 25.8 Å². The third-order valence-electron chi connectivity index (χ3n) is 13.0. The number of likely N-dealkylation sites (tertiary alicyclic amines) is 1. The highest BCUT2D eigenvalue weighted by atomic mass is 32.1. The van der Waals surface area contributed by atoms with Crippen LogP contribution in [0.25, 0.3) is 0 Å². The van der Waals surface area contributed by atoms with Gasteiger partial charge in [0.25, 0.3) is 17.7 Å². The maximum atomic E-state index is 13.9. The molecule has 6 N–H and O–H groups in total. The minimum Gasteiger partial charge on any atom is -0.481 e. The van der Waals surface area contributed by atoms with Crippen molar-refractivity contribution >= 4 is 72.2 Å². The molecule has 4 rings (SSSR count). The van der Waals surface area contributed by atoms with Gasteiger partial charge in [0.2, 0.25) is 17.7 Å².